The van der Waals surface area contributed by atoms with Crippen LogP contribution in [0.25, 0.3) is 0 Å². The molecule has 112 valence electrons. The molecule has 0 aliphatic heterocycles. The van der Waals surface area contributed by atoms with Crippen molar-refractivity contribution in [3.05, 3.63) is 24.3 Å². The van der Waals surface area contributed by atoms with Crippen LogP contribution in [-0.2, 0) is 4.79 Å². The van der Waals surface area contributed by atoms with Gasteiger partial charge in [-0.15, -0.1) is 0 Å². The summed E-state index contributed by atoms with van der Waals surface area (Å²) in [5, 5.41) is 2.83. The summed E-state index contributed by atoms with van der Waals surface area (Å²) in [6, 6.07) is 6.93. The quantitative estimate of drug-likeness (QED) is 0.774. The molecule has 1 amide bonds. The maximum atomic E-state index is 11.9. The Morgan fingerprint density at radius 2 is 2.20 bits per heavy atom. The first-order valence-corrected chi connectivity index (χ1v) is 8.20. The van der Waals surface area contributed by atoms with Crippen LogP contribution in [0.1, 0.15) is 20.3 Å². The first-order valence-electron chi connectivity index (χ1n) is 6.81. The van der Waals surface area contributed by atoms with Crippen LogP contribution in [0.15, 0.2) is 24.3 Å². The van der Waals surface area contributed by atoms with Crippen LogP contribution in [0.2, 0.25) is 0 Å². The van der Waals surface area contributed by atoms with Crippen molar-refractivity contribution in [3.8, 4) is 5.75 Å². The van der Waals surface area contributed by atoms with Crippen molar-refractivity contribution in [2.45, 2.75) is 26.3 Å². The van der Waals surface area contributed by atoms with Crippen molar-refractivity contribution in [2.75, 3.05) is 23.9 Å². The highest BCUT2D eigenvalue weighted by Gasteiger charge is 2.13. The summed E-state index contributed by atoms with van der Waals surface area (Å²) in [7, 11) is 0. The van der Waals surface area contributed by atoms with Crippen LogP contribution in [0.4, 0.5) is 5.69 Å². The van der Waals surface area contributed by atoms with Crippen molar-refractivity contribution in [3.63, 3.8) is 0 Å². The number of amides is 1. The molecule has 4 nitrogen and oxygen atoms in total. The predicted octanol–water partition coefficient (Wildman–Crippen LogP) is 2.74. The highest BCUT2D eigenvalue weighted by molar-refractivity contribution is 7.98. The number of anilines is 1. The molecule has 0 fully saturated rings. The number of nitrogens with one attached hydrogen (secondary N) is 1. The van der Waals surface area contributed by atoms with Crippen LogP contribution in [0, 0.1) is 5.92 Å². The molecule has 3 N–H and O–H groups in total. The highest BCUT2D eigenvalue weighted by Crippen LogP contribution is 2.18. The van der Waals surface area contributed by atoms with Gasteiger partial charge in [-0.1, -0.05) is 19.9 Å². The SMILES string of the molecule is CSCC[C@H](N)C(=O)Nc1cccc(OCC(C)C)c1. The number of rotatable bonds is 8. The van der Waals surface area contributed by atoms with E-state index in [2.05, 4.69) is 19.2 Å². The number of thioether (sulfide) groups is 1. The molecule has 0 aliphatic rings. The average molecular weight is 296 g/mol. The molecule has 0 radical (unpaired) electrons. The minimum absolute atomic E-state index is 0.153. The fourth-order valence-corrected chi connectivity index (χ4v) is 2.03. The lowest BCUT2D eigenvalue weighted by molar-refractivity contribution is -0.117. The van der Waals surface area contributed by atoms with E-state index in [0.29, 0.717) is 18.9 Å². The van der Waals surface area contributed by atoms with Gasteiger partial charge in [-0.05, 0) is 36.5 Å². The number of benzene rings is 1. The molecule has 5 heteroatoms. The molecular weight excluding hydrogens is 272 g/mol. The third-order valence-electron chi connectivity index (χ3n) is 2.65. The predicted molar refractivity (Wildman–Crippen MR) is 86.4 cm³/mol. The summed E-state index contributed by atoms with van der Waals surface area (Å²) >= 11 is 1.69. The van der Waals surface area contributed by atoms with Gasteiger partial charge in [0.05, 0.1) is 12.6 Å². The molecule has 0 saturated heterocycles. The third-order valence-corrected chi connectivity index (χ3v) is 3.30. The van der Waals surface area contributed by atoms with Gasteiger partial charge in [-0.3, -0.25) is 4.79 Å². The lowest BCUT2D eigenvalue weighted by atomic mass is 10.2. The van der Waals surface area contributed by atoms with Crippen LogP contribution in [0.5, 0.6) is 5.75 Å². The Morgan fingerprint density at radius 1 is 1.45 bits per heavy atom. The summed E-state index contributed by atoms with van der Waals surface area (Å²) in [5.41, 5.74) is 6.55. The summed E-state index contributed by atoms with van der Waals surface area (Å²) in [6.07, 6.45) is 2.68. The minimum Gasteiger partial charge on any atom is -0.493 e. The van der Waals surface area contributed by atoms with Crippen molar-refractivity contribution in [1.29, 1.82) is 0 Å². The molecule has 0 aromatic heterocycles. The lowest BCUT2D eigenvalue weighted by Crippen LogP contribution is -2.36. The van der Waals surface area contributed by atoms with E-state index in [1.165, 1.54) is 0 Å². The maximum absolute atomic E-state index is 11.9. The van der Waals surface area contributed by atoms with Crippen LogP contribution in [-0.4, -0.2) is 30.6 Å². The zero-order chi connectivity index (χ0) is 15.0. The van der Waals surface area contributed by atoms with E-state index in [1.807, 2.05) is 30.5 Å². The first-order chi connectivity index (χ1) is 9.52. The minimum atomic E-state index is -0.470. The van der Waals surface area contributed by atoms with Crippen LogP contribution < -0.4 is 15.8 Å². The Hall–Kier alpha value is -1.20. The van der Waals surface area contributed by atoms with E-state index in [0.717, 1.165) is 17.2 Å². The fraction of sp³-hybridized carbons (Fsp3) is 0.533. The van der Waals surface area contributed by atoms with Gasteiger partial charge in [0.1, 0.15) is 5.75 Å². The van der Waals surface area contributed by atoms with E-state index < -0.39 is 6.04 Å². The zero-order valence-electron chi connectivity index (χ0n) is 12.4. The van der Waals surface area contributed by atoms with Crippen LogP contribution in [0.3, 0.4) is 0 Å². The lowest BCUT2D eigenvalue weighted by Gasteiger charge is -2.13. The van der Waals surface area contributed by atoms with Crippen LogP contribution >= 0.6 is 11.8 Å². The normalized spacial score (nSPS) is 12.2. The molecule has 20 heavy (non-hydrogen) atoms. The Balaban J connectivity index is 2.54. The van der Waals surface area contributed by atoms with Crippen molar-refractivity contribution in [1.82, 2.24) is 0 Å². The number of nitrogens with two attached hydrogens (primary N) is 1. The smallest absolute Gasteiger partial charge is 0.241 e. The molecule has 1 aromatic carbocycles. The number of hydrogen-bond donors (Lipinski definition) is 2. The van der Waals surface area contributed by atoms with Gasteiger partial charge >= 0.3 is 0 Å². The largest absolute Gasteiger partial charge is 0.493 e. The van der Waals surface area contributed by atoms with Gasteiger partial charge in [0.25, 0.3) is 0 Å². The molecular formula is C15H24N2O2S. The highest BCUT2D eigenvalue weighted by atomic mass is 32.2. The third kappa shape index (κ3) is 6.30. The number of ether oxygens (including phenoxy) is 1. The summed E-state index contributed by atoms with van der Waals surface area (Å²) in [5.74, 6) is 1.95. The number of hydrogen-bond acceptors (Lipinski definition) is 4. The van der Waals surface area contributed by atoms with E-state index >= 15 is 0 Å². The van der Waals surface area contributed by atoms with E-state index in [9.17, 15) is 4.79 Å². The standard InChI is InChI=1S/C15H24N2O2S/c1-11(2)10-19-13-6-4-5-12(9-13)17-15(18)14(16)7-8-20-3/h4-6,9,11,14H,7-8,10,16H2,1-3H3,(H,17,18)/t14-/m0/s1. The summed E-state index contributed by atoms with van der Waals surface area (Å²) in [6.45, 7) is 4.84. The second-order valence-corrected chi connectivity index (χ2v) is 6.10. The first kappa shape index (κ1) is 16.9. The molecule has 0 spiro atoms. The van der Waals surface area contributed by atoms with E-state index in [1.54, 1.807) is 11.8 Å². The molecule has 0 aliphatic carbocycles. The Kier molecular flexibility index (Phi) is 7.47. The molecule has 1 atom stereocenters. The molecule has 1 aromatic rings. The molecule has 0 saturated carbocycles. The summed E-state index contributed by atoms with van der Waals surface area (Å²) in [4.78, 5) is 11.9. The average Bonchev–Trinajstić information content (AvgIpc) is 2.42. The van der Waals surface area contributed by atoms with Crippen molar-refractivity contribution >= 4 is 23.4 Å². The Bertz CT molecular complexity index is 424. The van der Waals surface area contributed by atoms with E-state index in [4.69, 9.17) is 10.5 Å². The fourth-order valence-electron chi connectivity index (χ4n) is 1.54. The van der Waals surface area contributed by atoms with E-state index in [-0.39, 0.29) is 5.91 Å². The van der Waals surface area contributed by atoms with Gasteiger partial charge in [-0.2, -0.15) is 11.8 Å². The maximum Gasteiger partial charge on any atom is 0.241 e. The topological polar surface area (TPSA) is 64.4 Å². The molecule has 0 bridgehead atoms. The molecule has 0 unspecified atom stereocenters. The Labute approximate surface area is 125 Å². The second-order valence-electron chi connectivity index (χ2n) is 5.11. The molecule has 1 rings (SSSR count). The second kappa shape index (κ2) is 8.87. The van der Waals surface area contributed by atoms with Crippen molar-refractivity contribution in [2.24, 2.45) is 11.7 Å². The Morgan fingerprint density at radius 3 is 2.85 bits per heavy atom. The van der Waals surface area contributed by atoms with Crippen molar-refractivity contribution < 1.29 is 9.53 Å². The molecule has 0 heterocycles. The number of carbonyl (C=O) groups excluding carboxylic acids is 1. The number of carbonyl (C=O) groups is 1. The summed E-state index contributed by atoms with van der Waals surface area (Å²) < 4.78 is 5.63. The van der Waals surface area contributed by atoms with Gasteiger partial charge in [-0.25, -0.2) is 0 Å². The van der Waals surface area contributed by atoms with Gasteiger partial charge < -0.3 is 15.8 Å². The monoisotopic (exact) mass is 296 g/mol. The van der Waals surface area contributed by atoms with Gasteiger partial charge in [0.2, 0.25) is 5.91 Å². The zero-order valence-corrected chi connectivity index (χ0v) is 13.2. The van der Waals surface area contributed by atoms with Gasteiger partial charge in [0.15, 0.2) is 0 Å². The van der Waals surface area contributed by atoms with Gasteiger partial charge in [0, 0.05) is 11.8 Å².